The van der Waals surface area contributed by atoms with Crippen LogP contribution in [0.15, 0.2) is 248 Å². The number of benzene rings is 4. The zero-order valence-electron chi connectivity index (χ0n) is 45.6. The monoisotopic (exact) mass is 1170 g/mol. The molecule has 1 aliphatic heterocycles. The molecule has 82 heavy (non-hydrogen) atoms. The summed E-state index contributed by atoms with van der Waals surface area (Å²) in [6.07, 6.45) is 49.3. The van der Waals surface area contributed by atoms with E-state index in [4.69, 9.17) is 9.47 Å². The van der Waals surface area contributed by atoms with Crippen LogP contribution in [0.25, 0.3) is 6.08 Å². The van der Waals surface area contributed by atoms with E-state index in [9.17, 15) is 14.4 Å². The first-order valence-corrected chi connectivity index (χ1v) is 27.3. The van der Waals surface area contributed by atoms with Crippen molar-refractivity contribution in [1.82, 2.24) is 34.9 Å². The van der Waals surface area contributed by atoms with Crippen molar-refractivity contribution in [2.24, 2.45) is 0 Å². The summed E-state index contributed by atoms with van der Waals surface area (Å²) in [5.41, 5.74) is 6.58. The predicted molar refractivity (Wildman–Crippen MR) is 316 cm³/mol. The number of β-lactam (4-membered cyclic amide) rings is 1. The van der Waals surface area contributed by atoms with Crippen LogP contribution in [0.2, 0.25) is 0 Å². The molecule has 0 bridgehead atoms. The molecule has 3 heterocycles. The molecule has 6 aromatic rings. The molecule has 1 amide bonds. The van der Waals surface area contributed by atoms with Crippen LogP contribution in [0.1, 0.15) is 76.2 Å². The molecule has 0 radical (unpaired) electrons. The van der Waals surface area contributed by atoms with E-state index in [-0.39, 0.29) is 57.7 Å². The summed E-state index contributed by atoms with van der Waals surface area (Å²) in [6.45, 7) is 2.73. The molecular formula is C67H66Fe2N8O5+4. The van der Waals surface area contributed by atoms with Crippen molar-refractivity contribution in [1.29, 1.82) is 0 Å². The maximum Gasteiger partial charge on any atom is 2.00 e. The molecule has 0 N–H and O–H groups in total. The minimum atomic E-state index is -0.517. The number of ether oxygens (including phenoxy) is 2. The minimum Gasteiger partial charge on any atom is -0.494 e. The van der Waals surface area contributed by atoms with Gasteiger partial charge in [0.05, 0.1) is 30.6 Å². The molecule has 416 valence electrons. The maximum atomic E-state index is 14.4. The molecule has 4 aliphatic carbocycles. The Bertz CT molecular complexity index is 3180. The van der Waals surface area contributed by atoms with Gasteiger partial charge in [-0.2, -0.15) is 0 Å². The van der Waals surface area contributed by atoms with Gasteiger partial charge in [-0.25, -0.2) is 0 Å². The molecule has 15 heteroatoms. The first kappa shape index (κ1) is 61.3. The van der Waals surface area contributed by atoms with E-state index < -0.39 is 6.04 Å². The van der Waals surface area contributed by atoms with Gasteiger partial charge in [-0.05, 0) is 115 Å². The molecule has 0 spiro atoms. The van der Waals surface area contributed by atoms with Gasteiger partial charge in [0.2, 0.25) is 5.91 Å². The third-order valence-electron chi connectivity index (χ3n) is 13.4. The second-order valence-corrected chi connectivity index (χ2v) is 19.3. The number of hydrogen-bond acceptors (Lipinski definition) is 10. The number of aryl methyl sites for hydroxylation is 2. The number of rotatable bonds is 24. The van der Waals surface area contributed by atoms with Crippen LogP contribution in [0.3, 0.4) is 0 Å². The Balaban J connectivity index is 0.000000729. The van der Waals surface area contributed by atoms with Gasteiger partial charge in [0.15, 0.2) is 11.6 Å². The Labute approximate surface area is 501 Å². The molecule has 4 aromatic carbocycles. The molecule has 0 unspecified atom stereocenters. The number of ketones is 2. The number of nitrogens with zero attached hydrogens (tertiary/aromatic N) is 8. The van der Waals surface area contributed by atoms with Gasteiger partial charge >= 0.3 is 34.1 Å². The maximum absolute atomic E-state index is 14.4. The summed E-state index contributed by atoms with van der Waals surface area (Å²) in [7, 11) is 0. The van der Waals surface area contributed by atoms with Crippen molar-refractivity contribution >= 4 is 29.2 Å². The Morgan fingerprint density at radius 3 is 1.45 bits per heavy atom. The minimum absolute atomic E-state index is 0. The van der Waals surface area contributed by atoms with E-state index >= 15 is 0 Å². The van der Waals surface area contributed by atoms with Gasteiger partial charge in [-0.15, -0.1) is 10.2 Å². The zero-order valence-corrected chi connectivity index (χ0v) is 47.8. The first-order valence-electron chi connectivity index (χ1n) is 27.3. The largest absolute Gasteiger partial charge is 2.00 e. The molecular weight excluding hydrogens is 1110 g/mol. The number of carbonyl (C=O) groups excluding carboxylic acids is 3. The molecule has 1 fully saturated rings. The summed E-state index contributed by atoms with van der Waals surface area (Å²) in [4.78, 5) is 43.6. The number of para-hydroxylation sites is 1. The van der Waals surface area contributed by atoms with Gasteiger partial charge in [0, 0.05) is 68.2 Å². The van der Waals surface area contributed by atoms with Gasteiger partial charge in [0.1, 0.15) is 17.5 Å². The number of carbonyl (C=O) groups is 3. The summed E-state index contributed by atoms with van der Waals surface area (Å²) in [5, 5.41) is 18.0. The van der Waals surface area contributed by atoms with Crippen molar-refractivity contribution in [3.05, 3.63) is 276 Å². The van der Waals surface area contributed by atoms with E-state index in [2.05, 4.69) is 111 Å². The fourth-order valence-corrected chi connectivity index (χ4v) is 9.21. The van der Waals surface area contributed by atoms with Crippen molar-refractivity contribution in [3.63, 3.8) is 0 Å². The summed E-state index contributed by atoms with van der Waals surface area (Å²) in [5.74, 6) is 1.23. The second kappa shape index (κ2) is 32.8. The van der Waals surface area contributed by atoms with E-state index in [1.165, 1.54) is 0 Å². The molecule has 2 aromatic heterocycles. The summed E-state index contributed by atoms with van der Waals surface area (Å²) >= 11 is 0. The Hall–Kier alpha value is -8.29. The molecule has 5 aliphatic rings. The molecule has 0 saturated carbocycles. The normalized spacial score (nSPS) is 16.2. The van der Waals surface area contributed by atoms with Crippen LogP contribution in [-0.4, -0.2) is 77.7 Å². The SMILES string of the molecule is C1=CCC=C1.C1=CCC=C1.O=C(/C=C/C1=CCC=C1)c1ccc(OCCCn2cc(CN(Cc3cn(CCCOc4ccc(C(=O)/C=C/C5=CCC=C5)cc4)nn3)[C@@H]3C(=O)N(c4ccccc4)[C@@H]3/C=C/c3ccccc3)nn2)cc1.[Fe+2].[Fe+2]. The van der Waals surface area contributed by atoms with Gasteiger partial charge in [0.25, 0.3) is 0 Å². The Morgan fingerprint density at radius 1 is 0.561 bits per heavy atom. The standard InChI is InChI=1S/C57H54N8O5.2C5H6.2Fe/c66-54(33-22-44-15-7-8-16-44)46-24-28-51(29-25-46)69-37-11-35-63-41-48(58-60-63)39-62(56-53(32-21-43-13-3-1-4-14-43)65(57(56)68)50-19-5-2-6-20-50)40-49-42-64(61-59-49)36-12-38-70-52-30-26-47(27-31-52)55(67)34-23-45-17-9-10-18-45;2*1-2-4-5-3-1;;/h1-7,9,13-34,41-42,53,56H,8,10-12,35-40H2;2*1-4H,5H2;;/q;;;2*+2/b32-21+,33-22+,34-23+;;;;/t53-,56+;;;;/m1..../s1. The molecule has 13 nitrogen and oxygen atoms in total. The van der Waals surface area contributed by atoms with Gasteiger partial charge in [-0.3, -0.25) is 28.6 Å². The van der Waals surface area contributed by atoms with Crippen LogP contribution in [-0.2, 0) is 65.1 Å². The summed E-state index contributed by atoms with van der Waals surface area (Å²) < 4.78 is 15.6. The van der Waals surface area contributed by atoms with E-state index in [1.54, 1.807) is 45.8 Å². The van der Waals surface area contributed by atoms with Crippen LogP contribution < -0.4 is 14.4 Å². The zero-order chi connectivity index (χ0) is 55.0. The molecule has 2 atom stereocenters. The number of amides is 1. The van der Waals surface area contributed by atoms with Crippen molar-refractivity contribution in [2.45, 2.75) is 76.8 Å². The predicted octanol–water partition coefficient (Wildman–Crippen LogP) is 12.6. The van der Waals surface area contributed by atoms with Crippen LogP contribution in [0.5, 0.6) is 11.5 Å². The van der Waals surface area contributed by atoms with Crippen molar-refractivity contribution in [3.8, 4) is 11.5 Å². The number of anilines is 1. The number of allylic oxidation sites excluding steroid dienone is 20. The fraction of sp³-hybridized carbons (Fsp3) is 0.209. The second-order valence-electron chi connectivity index (χ2n) is 19.3. The number of aromatic nitrogens is 6. The van der Waals surface area contributed by atoms with Crippen LogP contribution in [0, 0.1) is 0 Å². The van der Waals surface area contributed by atoms with Gasteiger partial charge < -0.3 is 14.4 Å². The van der Waals surface area contributed by atoms with E-state index in [0.29, 0.717) is 86.2 Å². The van der Waals surface area contributed by atoms with E-state index in [0.717, 1.165) is 48.1 Å². The van der Waals surface area contributed by atoms with Crippen molar-refractivity contribution < 1.29 is 58.0 Å². The van der Waals surface area contributed by atoms with E-state index in [1.807, 2.05) is 127 Å². The van der Waals surface area contributed by atoms with Crippen molar-refractivity contribution in [2.75, 3.05) is 18.1 Å². The Kier molecular flexibility index (Phi) is 24.6. The quantitative estimate of drug-likeness (QED) is 0.0189. The van der Waals surface area contributed by atoms with Gasteiger partial charge in [-0.1, -0.05) is 168 Å². The first-order chi connectivity index (χ1) is 39.4. The topological polar surface area (TPSA) is 138 Å². The van der Waals surface area contributed by atoms with Crippen LogP contribution in [0.4, 0.5) is 5.69 Å². The molecule has 1 saturated heterocycles. The van der Waals surface area contributed by atoms with Crippen LogP contribution >= 0.6 is 0 Å². The molecule has 11 rings (SSSR count). The third-order valence-corrected chi connectivity index (χ3v) is 13.4. The average Bonchev–Trinajstić information content (AvgIpc) is 4.45. The third kappa shape index (κ3) is 18.6. The number of hydrogen-bond donors (Lipinski definition) is 0. The fourth-order valence-electron chi connectivity index (χ4n) is 9.21. The Morgan fingerprint density at radius 2 is 1.02 bits per heavy atom. The summed E-state index contributed by atoms with van der Waals surface area (Å²) in [6, 6.07) is 33.4. The average molecular weight is 1180 g/mol. The smallest absolute Gasteiger partial charge is 0.494 e.